The highest BCUT2D eigenvalue weighted by Crippen LogP contribution is 2.44. The molecule has 6 aromatic rings. The van der Waals surface area contributed by atoms with Crippen LogP contribution in [0.4, 0.5) is 15.0 Å². The van der Waals surface area contributed by atoms with Crippen LogP contribution in [0.2, 0.25) is 0 Å². The number of piperidine rings is 1. The van der Waals surface area contributed by atoms with Crippen molar-refractivity contribution in [2.24, 2.45) is 5.92 Å². The van der Waals surface area contributed by atoms with E-state index in [9.17, 15) is 9.59 Å². The predicted octanol–water partition coefficient (Wildman–Crippen LogP) is 9.58. The number of hydrogen-bond donors (Lipinski definition) is 1. The Labute approximate surface area is 304 Å². The average Bonchev–Trinajstić information content (AvgIpc) is 3.51. The SMILES string of the molecule is Cc1ccc(F)c(-c2ccc3c(c2)c(NC(=O)[C@@H]2CCCN(C(=O)OC(C)(C)C)C2)nn3C(c2ccccc2)(c2ccccc2)c2ccccc2)c1. The van der Waals surface area contributed by atoms with Crippen LogP contribution in [0.5, 0.6) is 0 Å². The molecule has 1 N–H and O–H groups in total. The number of anilines is 1. The molecule has 1 saturated heterocycles. The van der Waals surface area contributed by atoms with Gasteiger partial charge in [-0.15, -0.1) is 0 Å². The summed E-state index contributed by atoms with van der Waals surface area (Å²) in [6, 6.07) is 41.5. The van der Waals surface area contributed by atoms with Crippen molar-refractivity contribution >= 4 is 28.7 Å². The largest absolute Gasteiger partial charge is 0.444 e. The molecule has 1 aliphatic rings. The molecule has 1 atom stereocenters. The Morgan fingerprint density at radius 1 is 0.808 bits per heavy atom. The third kappa shape index (κ3) is 6.68. The van der Waals surface area contributed by atoms with Crippen molar-refractivity contribution in [3.63, 3.8) is 0 Å². The first-order valence-electron chi connectivity index (χ1n) is 17.8. The van der Waals surface area contributed by atoms with Gasteiger partial charge in [0.25, 0.3) is 0 Å². The Bertz CT molecular complexity index is 2110. The van der Waals surface area contributed by atoms with E-state index in [4.69, 9.17) is 9.84 Å². The van der Waals surface area contributed by atoms with Gasteiger partial charge < -0.3 is 15.0 Å². The molecule has 1 fully saturated rings. The van der Waals surface area contributed by atoms with Crippen molar-refractivity contribution in [1.29, 1.82) is 0 Å². The second-order valence-corrected chi connectivity index (χ2v) is 14.5. The Balaban J connectivity index is 1.42. The van der Waals surface area contributed by atoms with Crippen LogP contribution >= 0.6 is 0 Å². The quantitative estimate of drug-likeness (QED) is 0.169. The molecule has 264 valence electrons. The smallest absolute Gasteiger partial charge is 0.410 e. The fraction of sp³-hybridized carbons (Fsp3) is 0.250. The molecular formula is C44H43FN4O3. The lowest BCUT2D eigenvalue weighted by Gasteiger charge is -2.37. The molecule has 0 aliphatic carbocycles. The van der Waals surface area contributed by atoms with Gasteiger partial charge in [0.05, 0.1) is 11.4 Å². The molecule has 52 heavy (non-hydrogen) atoms. The summed E-state index contributed by atoms with van der Waals surface area (Å²) in [5, 5.41) is 9.12. The zero-order valence-electron chi connectivity index (χ0n) is 30.0. The first-order chi connectivity index (χ1) is 25.0. The summed E-state index contributed by atoms with van der Waals surface area (Å²) in [4.78, 5) is 28.8. The average molecular weight is 695 g/mol. The Kier molecular flexibility index (Phi) is 9.40. The molecule has 0 bridgehead atoms. The second kappa shape index (κ2) is 14.1. The molecule has 0 radical (unpaired) electrons. The van der Waals surface area contributed by atoms with Gasteiger partial charge >= 0.3 is 6.09 Å². The van der Waals surface area contributed by atoms with Gasteiger partial charge in [-0.25, -0.2) is 13.9 Å². The second-order valence-electron chi connectivity index (χ2n) is 14.5. The van der Waals surface area contributed by atoms with Gasteiger partial charge in [-0.1, -0.05) is 109 Å². The van der Waals surface area contributed by atoms with Crippen LogP contribution < -0.4 is 5.32 Å². The molecule has 2 amide bonds. The van der Waals surface area contributed by atoms with Gasteiger partial charge in [0.15, 0.2) is 5.82 Å². The standard InChI is InChI=1S/C44H43FN4O3/c1-30-22-24-38(45)36(27-30)31-23-25-39-37(28-31)40(46-41(50)32-15-14-26-48(29-32)42(51)52-43(2,3)4)47-49(39)44(33-16-8-5-9-17-33,34-18-10-6-11-19-34)35-20-12-7-13-21-35/h5-13,16-25,27-28,32H,14-15,26,29H2,1-4H3,(H,46,47,50)/t32-/m1/s1. The number of fused-ring (bicyclic) bond motifs is 1. The molecule has 0 saturated carbocycles. The third-order valence-corrected chi connectivity index (χ3v) is 9.69. The number of halogens is 1. The number of aromatic nitrogens is 2. The minimum absolute atomic E-state index is 0.237. The zero-order chi connectivity index (χ0) is 36.5. The Morgan fingerprint density at radius 3 is 1.98 bits per heavy atom. The van der Waals surface area contributed by atoms with Crippen molar-refractivity contribution in [2.75, 3.05) is 18.4 Å². The number of ether oxygens (including phenoxy) is 1. The number of likely N-dealkylation sites (tertiary alicyclic amines) is 1. The summed E-state index contributed by atoms with van der Waals surface area (Å²) in [5.74, 6) is -0.686. The van der Waals surface area contributed by atoms with Crippen molar-refractivity contribution in [3.8, 4) is 11.1 Å². The summed E-state index contributed by atoms with van der Waals surface area (Å²) >= 11 is 0. The van der Waals surface area contributed by atoms with Gasteiger partial charge in [-0.3, -0.25) is 4.79 Å². The molecule has 5 aromatic carbocycles. The number of amides is 2. The molecule has 2 heterocycles. The van der Waals surface area contributed by atoms with E-state index < -0.39 is 23.2 Å². The fourth-order valence-electron chi connectivity index (χ4n) is 7.30. The predicted molar refractivity (Wildman–Crippen MR) is 204 cm³/mol. The van der Waals surface area contributed by atoms with Crippen molar-refractivity contribution in [1.82, 2.24) is 14.7 Å². The number of carbonyl (C=O) groups excluding carboxylic acids is 2. The first kappa shape index (κ1) is 34.7. The molecule has 8 heteroatoms. The van der Waals surface area contributed by atoms with Gasteiger partial charge in [0.1, 0.15) is 17.0 Å². The van der Waals surface area contributed by atoms with E-state index in [1.54, 1.807) is 11.0 Å². The molecular weight excluding hydrogens is 652 g/mol. The van der Waals surface area contributed by atoms with E-state index in [0.29, 0.717) is 41.7 Å². The maximum absolute atomic E-state index is 15.3. The minimum atomic E-state index is -0.959. The number of benzene rings is 5. The Hall–Kier alpha value is -5.76. The summed E-state index contributed by atoms with van der Waals surface area (Å²) in [6.45, 7) is 8.19. The minimum Gasteiger partial charge on any atom is -0.444 e. The van der Waals surface area contributed by atoms with E-state index >= 15 is 4.39 Å². The van der Waals surface area contributed by atoms with E-state index in [1.807, 2.05) is 111 Å². The van der Waals surface area contributed by atoms with Gasteiger partial charge in [-0.05, 0) is 87.1 Å². The van der Waals surface area contributed by atoms with Crippen LogP contribution in [-0.4, -0.2) is 45.4 Å². The topological polar surface area (TPSA) is 76.5 Å². The molecule has 7 nitrogen and oxygen atoms in total. The lowest BCUT2D eigenvalue weighted by molar-refractivity contribution is -0.121. The van der Waals surface area contributed by atoms with Crippen LogP contribution in [-0.2, 0) is 15.1 Å². The monoisotopic (exact) mass is 694 g/mol. The van der Waals surface area contributed by atoms with Gasteiger partial charge in [0.2, 0.25) is 5.91 Å². The number of rotatable bonds is 7. The maximum Gasteiger partial charge on any atom is 0.410 e. The molecule has 1 aliphatic heterocycles. The third-order valence-electron chi connectivity index (χ3n) is 9.69. The van der Waals surface area contributed by atoms with Crippen LogP contribution in [0.3, 0.4) is 0 Å². The van der Waals surface area contributed by atoms with Crippen LogP contribution in [0.25, 0.3) is 22.0 Å². The van der Waals surface area contributed by atoms with Crippen molar-refractivity contribution in [3.05, 3.63) is 155 Å². The highest BCUT2D eigenvalue weighted by molar-refractivity contribution is 6.02. The number of aryl methyl sites for hydroxylation is 1. The summed E-state index contributed by atoms with van der Waals surface area (Å²) in [6.07, 6.45) is 0.858. The number of hydrogen-bond acceptors (Lipinski definition) is 4. The Morgan fingerprint density at radius 2 is 1.40 bits per heavy atom. The number of nitrogens with zero attached hydrogens (tertiary/aromatic N) is 3. The van der Waals surface area contributed by atoms with Crippen molar-refractivity contribution in [2.45, 2.75) is 51.7 Å². The summed E-state index contributed by atoms with van der Waals surface area (Å²) in [7, 11) is 0. The molecule has 0 unspecified atom stereocenters. The van der Waals surface area contributed by atoms with Gasteiger partial charge in [-0.2, -0.15) is 5.10 Å². The summed E-state index contributed by atoms with van der Waals surface area (Å²) < 4.78 is 23.0. The molecule has 7 rings (SSSR count). The summed E-state index contributed by atoms with van der Waals surface area (Å²) in [5.41, 5.74) is 4.15. The normalized spacial score (nSPS) is 15.0. The lowest BCUT2D eigenvalue weighted by Crippen LogP contribution is -2.45. The molecule has 0 spiro atoms. The van der Waals surface area contributed by atoms with Crippen LogP contribution in [0.15, 0.2) is 127 Å². The van der Waals surface area contributed by atoms with Gasteiger partial charge in [0, 0.05) is 24.0 Å². The van der Waals surface area contributed by atoms with E-state index in [1.165, 1.54) is 6.07 Å². The zero-order valence-corrected chi connectivity index (χ0v) is 30.0. The number of nitrogens with one attached hydrogen (secondary N) is 1. The lowest BCUT2D eigenvalue weighted by atomic mass is 9.77. The maximum atomic E-state index is 15.3. The highest BCUT2D eigenvalue weighted by atomic mass is 19.1. The van der Waals surface area contributed by atoms with E-state index in [0.717, 1.165) is 27.8 Å². The van der Waals surface area contributed by atoms with Crippen molar-refractivity contribution < 1.29 is 18.7 Å². The first-order valence-corrected chi connectivity index (χ1v) is 17.8. The number of carbonyl (C=O) groups is 2. The molecule has 1 aromatic heterocycles. The van der Waals surface area contributed by atoms with Crippen LogP contribution in [0.1, 0.15) is 55.9 Å². The van der Waals surface area contributed by atoms with E-state index in [-0.39, 0.29) is 18.3 Å². The van der Waals surface area contributed by atoms with E-state index in [2.05, 4.69) is 41.7 Å². The van der Waals surface area contributed by atoms with Crippen LogP contribution in [0, 0.1) is 18.7 Å². The fourth-order valence-corrected chi connectivity index (χ4v) is 7.30. The highest BCUT2D eigenvalue weighted by Gasteiger charge is 2.41.